The predicted octanol–water partition coefficient (Wildman–Crippen LogP) is 4.79. The molecule has 134 valence electrons. The van der Waals surface area contributed by atoms with E-state index in [1.165, 1.54) is 51.4 Å². The van der Waals surface area contributed by atoms with Crippen molar-refractivity contribution in [2.24, 2.45) is 23.7 Å². The van der Waals surface area contributed by atoms with Crippen molar-refractivity contribution >= 4 is 0 Å². The first-order valence-corrected chi connectivity index (χ1v) is 10.0. The van der Waals surface area contributed by atoms with Gasteiger partial charge in [0.25, 0.3) is 0 Å². The molecule has 23 heavy (non-hydrogen) atoms. The van der Waals surface area contributed by atoms with Gasteiger partial charge in [-0.15, -0.1) is 0 Å². The van der Waals surface area contributed by atoms with Crippen LogP contribution in [0.15, 0.2) is 0 Å². The molecule has 0 bridgehead atoms. The van der Waals surface area contributed by atoms with Gasteiger partial charge >= 0.3 is 0 Å². The summed E-state index contributed by atoms with van der Waals surface area (Å²) in [6.07, 6.45) is 12.8. The summed E-state index contributed by atoms with van der Waals surface area (Å²) in [6, 6.07) is 0. The Labute approximate surface area is 142 Å². The molecule has 1 aliphatic carbocycles. The first-order chi connectivity index (χ1) is 11.2. The average Bonchev–Trinajstić information content (AvgIpc) is 2.58. The van der Waals surface area contributed by atoms with Gasteiger partial charge in [-0.05, 0) is 50.4 Å². The van der Waals surface area contributed by atoms with E-state index < -0.39 is 0 Å². The topological polar surface area (TPSA) is 27.7 Å². The summed E-state index contributed by atoms with van der Waals surface area (Å²) in [7, 11) is 0. The number of hydrogen-bond acceptors (Lipinski definition) is 3. The molecule has 0 aromatic rings. The van der Waals surface area contributed by atoms with Crippen molar-refractivity contribution in [1.29, 1.82) is 0 Å². The van der Waals surface area contributed by atoms with Crippen molar-refractivity contribution in [2.45, 2.75) is 84.0 Å². The van der Waals surface area contributed by atoms with Crippen LogP contribution in [0.1, 0.15) is 71.6 Å². The summed E-state index contributed by atoms with van der Waals surface area (Å²) in [4.78, 5) is 0. The largest absolute Gasteiger partial charge is 0.378 e. The zero-order valence-electron chi connectivity index (χ0n) is 15.2. The maximum atomic E-state index is 6.17. The molecular weight excluding hydrogens is 288 g/mol. The first-order valence-electron chi connectivity index (χ1n) is 10.0. The van der Waals surface area contributed by atoms with Crippen LogP contribution in [0.25, 0.3) is 0 Å². The summed E-state index contributed by atoms with van der Waals surface area (Å²) >= 11 is 0. The van der Waals surface area contributed by atoms with Crippen molar-refractivity contribution in [3.05, 3.63) is 0 Å². The van der Waals surface area contributed by atoms with Crippen LogP contribution < -0.4 is 0 Å². The lowest BCUT2D eigenvalue weighted by atomic mass is 9.79. The SMILES string of the molecule is CC1CCC(CCC2CCC(CC3COC(C)OC3)OC2)CC1. The van der Waals surface area contributed by atoms with E-state index in [0.29, 0.717) is 12.0 Å². The summed E-state index contributed by atoms with van der Waals surface area (Å²) in [5, 5.41) is 0. The number of rotatable bonds is 5. The molecule has 3 fully saturated rings. The Morgan fingerprint density at radius 1 is 0.652 bits per heavy atom. The van der Waals surface area contributed by atoms with Crippen LogP contribution in [0.3, 0.4) is 0 Å². The molecule has 0 N–H and O–H groups in total. The highest BCUT2D eigenvalue weighted by Crippen LogP contribution is 2.34. The molecule has 3 aliphatic rings. The molecule has 0 amide bonds. The van der Waals surface area contributed by atoms with E-state index >= 15 is 0 Å². The van der Waals surface area contributed by atoms with Gasteiger partial charge in [-0.1, -0.05) is 39.0 Å². The van der Waals surface area contributed by atoms with E-state index in [2.05, 4.69) is 6.92 Å². The average molecular weight is 325 g/mol. The minimum absolute atomic E-state index is 0.0225. The van der Waals surface area contributed by atoms with Crippen molar-refractivity contribution in [1.82, 2.24) is 0 Å². The highest BCUT2D eigenvalue weighted by Gasteiger charge is 2.28. The standard InChI is InChI=1S/C20H36O3/c1-15-3-5-17(6-4-15)7-8-18-9-10-20(23-12-18)11-19-13-21-16(2)22-14-19/h15-20H,3-14H2,1-2H3. The van der Waals surface area contributed by atoms with E-state index in [4.69, 9.17) is 14.2 Å². The van der Waals surface area contributed by atoms with Gasteiger partial charge in [0.2, 0.25) is 0 Å². The third kappa shape index (κ3) is 5.72. The predicted molar refractivity (Wildman–Crippen MR) is 92.3 cm³/mol. The smallest absolute Gasteiger partial charge is 0.154 e. The van der Waals surface area contributed by atoms with Crippen LogP contribution in [0, 0.1) is 23.7 Å². The quantitative estimate of drug-likeness (QED) is 0.728. The molecule has 2 unspecified atom stereocenters. The molecule has 1 saturated carbocycles. The highest BCUT2D eigenvalue weighted by molar-refractivity contribution is 4.77. The van der Waals surface area contributed by atoms with Crippen LogP contribution >= 0.6 is 0 Å². The summed E-state index contributed by atoms with van der Waals surface area (Å²) in [6.45, 7) is 7.05. The second-order valence-electron chi connectivity index (χ2n) is 8.44. The van der Waals surface area contributed by atoms with Crippen LogP contribution in [0.2, 0.25) is 0 Å². The second-order valence-corrected chi connectivity index (χ2v) is 8.44. The minimum Gasteiger partial charge on any atom is -0.378 e. The van der Waals surface area contributed by atoms with Gasteiger partial charge in [0, 0.05) is 12.5 Å². The Balaban J connectivity index is 1.28. The minimum atomic E-state index is -0.0225. The molecule has 0 aromatic carbocycles. The zero-order valence-corrected chi connectivity index (χ0v) is 15.2. The molecule has 2 atom stereocenters. The fourth-order valence-electron chi connectivity index (χ4n) is 4.51. The molecule has 2 heterocycles. The third-order valence-corrected chi connectivity index (χ3v) is 6.31. The van der Waals surface area contributed by atoms with E-state index in [9.17, 15) is 0 Å². The molecule has 0 aromatic heterocycles. The number of hydrogen-bond donors (Lipinski definition) is 0. The third-order valence-electron chi connectivity index (χ3n) is 6.31. The van der Waals surface area contributed by atoms with Crippen LogP contribution in [0.4, 0.5) is 0 Å². The highest BCUT2D eigenvalue weighted by atomic mass is 16.7. The van der Waals surface area contributed by atoms with Gasteiger partial charge < -0.3 is 14.2 Å². The Morgan fingerprint density at radius 2 is 1.26 bits per heavy atom. The lowest BCUT2D eigenvalue weighted by Crippen LogP contribution is -2.35. The summed E-state index contributed by atoms with van der Waals surface area (Å²) < 4.78 is 17.3. The summed E-state index contributed by atoms with van der Waals surface area (Å²) in [5.41, 5.74) is 0. The maximum Gasteiger partial charge on any atom is 0.154 e. The lowest BCUT2D eigenvalue weighted by molar-refractivity contribution is -0.196. The Kier molecular flexibility index (Phi) is 6.79. The molecule has 2 saturated heterocycles. The molecule has 3 heteroatoms. The van der Waals surface area contributed by atoms with Crippen LogP contribution in [-0.2, 0) is 14.2 Å². The van der Waals surface area contributed by atoms with Crippen molar-refractivity contribution in [3.8, 4) is 0 Å². The van der Waals surface area contributed by atoms with Gasteiger partial charge in [-0.2, -0.15) is 0 Å². The molecule has 2 aliphatic heterocycles. The van der Waals surface area contributed by atoms with E-state index in [-0.39, 0.29) is 6.29 Å². The monoisotopic (exact) mass is 324 g/mol. The van der Waals surface area contributed by atoms with Crippen molar-refractivity contribution in [3.63, 3.8) is 0 Å². The lowest BCUT2D eigenvalue weighted by Gasteiger charge is -2.34. The van der Waals surface area contributed by atoms with E-state index in [1.54, 1.807) is 0 Å². The van der Waals surface area contributed by atoms with Gasteiger partial charge in [0.1, 0.15) is 0 Å². The number of ether oxygens (including phenoxy) is 3. The molecule has 3 nitrogen and oxygen atoms in total. The Hall–Kier alpha value is -0.120. The van der Waals surface area contributed by atoms with Gasteiger partial charge in [-0.3, -0.25) is 0 Å². The van der Waals surface area contributed by atoms with E-state index in [1.807, 2.05) is 6.92 Å². The van der Waals surface area contributed by atoms with Crippen molar-refractivity contribution in [2.75, 3.05) is 19.8 Å². The van der Waals surface area contributed by atoms with Crippen LogP contribution in [0.5, 0.6) is 0 Å². The Morgan fingerprint density at radius 3 is 1.91 bits per heavy atom. The molecular formula is C20H36O3. The maximum absolute atomic E-state index is 6.17. The fourth-order valence-corrected chi connectivity index (χ4v) is 4.51. The summed E-state index contributed by atoms with van der Waals surface area (Å²) in [5.74, 6) is 3.31. The van der Waals surface area contributed by atoms with Gasteiger partial charge in [0.15, 0.2) is 6.29 Å². The van der Waals surface area contributed by atoms with Gasteiger partial charge in [-0.25, -0.2) is 0 Å². The van der Waals surface area contributed by atoms with Crippen LogP contribution in [-0.4, -0.2) is 32.2 Å². The van der Waals surface area contributed by atoms with E-state index in [0.717, 1.165) is 44.0 Å². The van der Waals surface area contributed by atoms with Gasteiger partial charge in [0.05, 0.1) is 19.3 Å². The zero-order chi connectivity index (χ0) is 16.1. The van der Waals surface area contributed by atoms with Crippen molar-refractivity contribution < 1.29 is 14.2 Å². The Bertz CT molecular complexity index is 322. The second kappa shape index (κ2) is 8.82. The molecule has 0 spiro atoms. The normalized spacial score (nSPS) is 42.5. The fraction of sp³-hybridized carbons (Fsp3) is 1.00. The molecule has 3 rings (SSSR count). The molecule has 0 radical (unpaired) electrons. The first kappa shape index (κ1) is 17.7.